The first-order chi connectivity index (χ1) is 14.3. The zero-order valence-electron chi connectivity index (χ0n) is 17.4. The predicted octanol–water partition coefficient (Wildman–Crippen LogP) is 3.43. The van der Waals surface area contributed by atoms with Crippen molar-refractivity contribution in [2.45, 2.75) is 34.2 Å². The molecule has 2 heterocycles. The summed E-state index contributed by atoms with van der Waals surface area (Å²) in [5, 5.41) is 11.6. The predicted molar refractivity (Wildman–Crippen MR) is 117 cm³/mol. The normalized spacial score (nSPS) is 11.1. The van der Waals surface area contributed by atoms with Crippen LogP contribution in [0.25, 0.3) is 16.9 Å². The molecule has 1 amide bonds. The van der Waals surface area contributed by atoms with Gasteiger partial charge in [-0.1, -0.05) is 30.3 Å². The zero-order chi connectivity index (χ0) is 21.4. The maximum atomic E-state index is 12.8. The molecule has 0 atom stereocenters. The minimum absolute atomic E-state index is 0.186. The van der Waals surface area contributed by atoms with Crippen LogP contribution in [0, 0.1) is 27.7 Å². The van der Waals surface area contributed by atoms with E-state index >= 15 is 0 Å². The number of carbonyl (C=O) groups is 1. The molecule has 2 aromatic heterocycles. The molecule has 0 saturated heterocycles. The van der Waals surface area contributed by atoms with Gasteiger partial charge in [0.1, 0.15) is 6.54 Å². The van der Waals surface area contributed by atoms with Gasteiger partial charge in [0.25, 0.3) is 0 Å². The monoisotopic (exact) mass is 401 g/mol. The second-order valence-corrected chi connectivity index (χ2v) is 7.54. The molecule has 4 rings (SSSR count). The lowest BCUT2D eigenvalue weighted by atomic mass is 10.0. The van der Waals surface area contributed by atoms with Gasteiger partial charge in [-0.25, -0.2) is 9.48 Å². The number of nitrogens with one attached hydrogen (secondary N) is 1. The van der Waals surface area contributed by atoms with Crippen LogP contribution >= 0.6 is 0 Å². The fourth-order valence-electron chi connectivity index (χ4n) is 3.39. The summed E-state index contributed by atoms with van der Waals surface area (Å²) in [6.07, 6.45) is 0. The van der Waals surface area contributed by atoms with Crippen LogP contribution in [0.5, 0.6) is 0 Å². The molecule has 4 aromatic rings. The number of nitrogens with zero attached hydrogens (tertiary/aromatic N) is 4. The number of hydrogen-bond donors (Lipinski definition) is 1. The minimum Gasteiger partial charge on any atom is -0.324 e. The van der Waals surface area contributed by atoms with E-state index in [0.717, 1.165) is 32.6 Å². The number of benzene rings is 2. The first-order valence-electron chi connectivity index (χ1n) is 9.74. The van der Waals surface area contributed by atoms with Crippen molar-refractivity contribution in [1.82, 2.24) is 19.4 Å². The van der Waals surface area contributed by atoms with E-state index in [4.69, 9.17) is 0 Å². The van der Waals surface area contributed by atoms with Gasteiger partial charge in [0.05, 0.1) is 5.69 Å². The highest BCUT2D eigenvalue weighted by molar-refractivity contribution is 5.92. The Bertz CT molecular complexity index is 1310. The van der Waals surface area contributed by atoms with Crippen LogP contribution in [-0.4, -0.2) is 25.3 Å². The molecule has 0 saturated carbocycles. The first kappa shape index (κ1) is 19.6. The lowest BCUT2D eigenvalue weighted by Gasteiger charge is -2.10. The third-order valence-electron chi connectivity index (χ3n) is 5.28. The van der Waals surface area contributed by atoms with Crippen molar-refractivity contribution in [3.63, 3.8) is 0 Å². The van der Waals surface area contributed by atoms with Gasteiger partial charge in [-0.15, -0.1) is 5.10 Å². The lowest BCUT2D eigenvalue weighted by Crippen LogP contribution is -2.29. The van der Waals surface area contributed by atoms with E-state index in [1.165, 1.54) is 10.1 Å². The van der Waals surface area contributed by atoms with Crippen molar-refractivity contribution in [3.8, 4) is 11.3 Å². The van der Waals surface area contributed by atoms with Crippen LogP contribution in [0.3, 0.4) is 0 Å². The highest BCUT2D eigenvalue weighted by Gasteiger charge is 2.14. The Kier molecular flexibility index (Phi) is 4.95. The van der Waals surface area contributed by atoms with Crippen LogP contribution in [0.15, 0.2) is 53.3 Å². The van der Waals surface area contributed by atoms with E-state index in [1.54, 1.807) is 6.07 Å². The molecule has 0 unspecified atom stereocenters. The third kappa shape index (κ3) is 3.61. The largest absolute Gasteiger partial charge is 0.367 e. The van der Waals surface area contributed by atoms with Crippen molar-refractivity contribution in [3.05, 3.63) is 81.3 Å². The fourth-order valence-corrected chi connectivity index (χ4v) is 3.39. The number of amides is 1. The number of carbonyl (C=O) groups excluding carboxylic acids is 1. The zero-order valence-corrected chi connectivity index (χ0v) is 17.4. The first-order valence-corrected chi connectivity index (χ1v) is 9.74. The van der Waals surface area contributed by atoms with E-state index in [1.807, 2.05) is 70.2 Å². The van der Waals surface area contributed by atoms with E-state index in [9.17, 15) is 9.59 Å². The number of fused-ring (bicyclic) bond motifs is 1. The van der Waals surface area contributed by atoms with Gasteiger partial charge >= 0.3 is 5.69 Å². The van der Waals surface area contributed by atoms with Gasteiger partial charge in [-0.2, -0.15) is 9.61 Å². The summed E-state index contributed by atoms with van der Waals surface area (Å²) in [5.74, 6) is -0.313. The van der Waals surface area contributed by atoms with Crippen molar-refractivity contribution in [2.24, 2.45) is 0 Å². The molecule has 30 heavy (non-hydrogen) atoms. The van der Waals surface area contributed by atoms with E-state index in [2.05, 4.69) is 15.5 Å². The summed E-state index contributed by atoms with van der Waals surface area (Å²) >= 11 is 0. The van der Waals surface area contributed by atoms with Crippen molar-refractivity contribution >= 4 is 17.2 Å². The smallest absolute Gasteiger partial charge is 0.324 e. The molecular formula is C23H23N5O2. The van der Waals surface area contributed by atoms with Gasteiger partial charge in [0, 0.05) is 11.3 Å². The Morgan fingerprint density at radius 1 is 0.900 bits per heavy atom. The number of aromatic nitrogens is 4. The average Bonchev–Trinajstić information content (AvgIpc) is 3.02. The van der Waals surface area contributed by atoms with Gasteiger partial charge in [-0.3, -0.25) is 4.79 Å². The van der Waals surface area contributed by atoms with Crippen LogP contribution in [0.4, 0.5) is 5.69 Å². The van der Waals surface area contributed by atoms with Crippen LogP contribution in [-0.2, 0) is 11.3 Å². The Morgan fingerprint density at radius 2 is 1.63 bits per heavy atom. The molecule has 0 bridgehead atoms. The molecule has 0 radical (unpaired) electrons. The molecular weight excluding hydrogens is 378 g/mol. The second kappa shape index (κ2) is 7.59. The topological polar surface area (TPSA) is 81.3 Å². The molecule has 7 heteroatoms. The number of rotatable bonds is 4. The lowest BCUT2D eigenvalue weighted by molar-refractivity contribution is -0.117. The minimum atomic E-state index is -0.452. The summed E-state index contributed by atoms with van der Waals surface area (Å²) in [6.45, 7) is 7.76. The van der Waals surface area contributed by atoms with E-state index in [0.29, 0.717) is 11.3 Å². The second-order valence-electron chi connectivity index (χ2n) is 7.54. The molecule has 0 fully saturated rings. The van der Waals surface area contributed by atoms with Crippen molar-refractivity contribution < 1.29 is 4.79 Å². The summed E-state index contributed by atoms with van der Waals surface area (Å²) < 4.78 is 2.37. The van der Waals surface area contributed by atoms with Crippen LogP contribution < -0.4 is 11.0 Å². The summed E-state index contributed by atoms with van der Waals surface area (Å²) in [6, 6.07) is 15.4. The Balaban J connectivity index is 1.63. The van der Waals surface area contributed by atoms with Crippen molar-refractivity contribution in [2.75, 3.05) is 5.32 Å². The van der Waals surface area contributed by atoms with E-state index in [-0.39, 0.29) is 12.5 Å². The molecule has 7 nitrogen and oxygen atoms in total. The molecule has 0 aliphatic carbocycles. The molecule has 2 aromatic carbocycles. The van der Waals surface area contributed by atoms with Gasteiger partial charge in [0.2, 0.25) is 5.91 Å². The summed E-state index contributed by atoms with van der Waals surface area (Å²) in [7, 11) is 0. The fraction of sp³-hybridized carbons (Fsp3) is 0.217. The highest BCUT2D eigenvalue weighted by atomic mass is 16.2. The summed E-state index contributed by atoms with van der Waals surface area (Å²) in [5.41, 5.74) is 6.57. The molecule has 0 spiro atoms. The number of aryl methyl sites for hydroxylation is 4. The average molecular weight is 401 g/mol. The number of hydrogen-bond acceptors (Lipinski definition) is 4. The van der Waals surface area contributed by atoms with E-state index < -0.39 is 5.69 Å². The Morgan fingerprint density at radius 3 is 2.33 bits per heavy atom. The van der Waals surface area contributed by atoms with Crippen molar-refractivity contribution in [1.29, 1.82) is 0 Å². The number of para-hydroxylation sites is 1. The number of anilines is 1. The van der Waals surface area contributed by atoms with Crippen LogP contribution in [0.1, 0.15) is 22.3 Å². The standard InChI is InChI=1S/C23H23N5O2/c1-14-8-9-18(12-17(14)4)19-10-11-20-26-27(23(30)28(20)25-19)13-21(29)24-22-15(2)6-5-7-16(22)3/h5-12H,13H2,1-4H3,(H,24,29). The molecule has 152 valence electrons. The molecule has 0 aliphatic heterocycles. The molecule has 1 N–H and O–H groups in total. The van der Waals surface area contributed by atoms with Crippen LogP contribution in [0.2, 0.25) is 0 Å². The highest BCUT2D eigenvalue weighted by Crippen LogP contribution is 2.21. The Hall–Kier alpha value is -3.74. The Labute approximate surface area is 174 Å². The quantitative estimate of drug-likeness (QED) is 0.568. The van der Waals surface area contributed by atoms with Gasteiger partial charge in [-0.05, 0) is 68.1 Å². The van der Waals surface area contributed by atoms with Gasteiger partial charge in [0.15, 0.2) is 5.65 Å². The maximum Gasteiger partial charge on any atom is 0.367 e. The molecule has 0 aliphatic rings. The summed E-state index contributed by atoms with van der Waals surface area (Å²) in [4.78, 5) is 25.3. The van der Waals surface area contributed by atoms with Gasteiger partial charge < -0.3 is 5.32 Å². The maximum absolute atomic E-state index is 12.8. The third-order valence-corrected chi connectivity index (χ3v) is 5.28. The SMILES string of the molecule is Cc1ccc(-c2ccc3nn(CC(=O)Nc4c(C)cccc4C)c(=O)n3n2)cc1C.